The molecule has 0 unspecified atom stereocenters. The number of oxime groups is 1. The maximum absolute atomic E-state index is 8.92. The van der Waals surface area contributed by atoms with Gasteiger partial charge in [0, 0.05) is 31.7 Å². The first-order chi connectivity index (χ1) is 9.17. The molecule has 0 saturated carbocycles. The molecule has 1 aromatic carbocycles. The van der Waals surface area contributed by atoms with Crippen LogP contribution in [0, 0.1) is 6.92 Å². The van der Waals surface area contributed by atoms with Crippen LogP contribution in [0.4, 0.5) is 5.69 Å². The topological polar surface area (TPSA) is 65.1 Å². The number of hydrogen-bond donors (Lipinski definition) is 2. The van der Waals surface area contributed by atoms with Gasteiger partial charge in [-0.3, -0.25) is 0 Å². The molecular weight excluding hydrogens is 240 g/mol. The highest BCUT2D eigenvalue weighted by Crippen LogP contribution is 2.26. The van der Waals surface area contributed by atoms with Gasteiger partial charge in [0.2, 0.25) is 0 Å². The van der Waals surface area contributed by atoms with Crippen LogP contribution in [0.15, 0.2) is 23.4 Å². The highest BCUT2D eigenvalue weighted by molar-refractivity contribution is 6.02. The average molecular weight is 262 g/mol. The molecule has 19 heavy (non-hydrogen) atoms. The maximum Gasteiger partial charge on any atom is 0.172 e. The van der Waals surface area contributed by atoms with Crippen molar-refractivity contribution in [2.45, 2.75) is 13.8 Å². The fraction of sp³-hybridized carbons (Fsp3) is 0.500. The molecule has 104 valence electrons. The van der Waals surface area contributed by atoms with E-state index in [1.807, 2.05) is 12.1 Å². The molecule has 0 radical (unpaired) electrons. The van der Waals surface area contributed by atoms with Gasteiger partial charge in [-0.1, -0.05) is 24.2 Å². The molecule has 0 spiro atoms. The van der Waals surface area contributed by atoms with Gasteiger partial charge in [0.05, 0.1) is 5.69 Å². The van der Waals surface area contributed by atoms with E-state index in [2.05, 4.69) is 34.9 Å². The van der Waals surface area contributed by atoms with Gasteiger partial charge < -0.3 is 20.7 Å². The molecule has 1 fully saturated rings. The van der Waals surface area contributed by atoms with Crippen molar-refractivity contribution in [3.8, 4) is 0 Å². The SMILES string of the molecule is CCN1CCN(c2c(C)cccc2/C(N)=N/O)CC1. The molecule has 3 N–H and O–H groups in total. The fourth-order valence-corrected chi connectivity index (χ4v) is 2.63. The molecule has 1 aromatic rings. The summed E-state index contributed by atoms with van der Waals surface area (Å²) in [4.78, 5) is 4.76. The van der Waals surface area contributed by atoms with E-state index in [9.17, 15) is 0 Å². The van der Waals surface area contributed by atoms with Crippen LogP contribution in [0.3, 0.4) is 0 Å². The van der Waals surface area contributed by atoms with Crippen molar-refractivity contribution in [3.05, 3.63) is 29.3 Å². The van der Waals surface area contributed by atoms with Gasteiger partial charge in [-0.2, -0.15) is 0 Å². The number of amidine groups is 1. The lowest BCUT2D eigenvalue weighted by Gasteiger charge is -2.37. The molecule has 0 aromatic heterocycles. The van der Waals surface area contributed by atoms with Crippen LogP contribution in [0.25, 0.3) is 0 Å². The van der Waals surface area contributed by atoms with Crippen LogP contribution in [0.2, 0.25) is 0 Å². The van der Waals surface area contributed by atoms with Gasteiger partial charge in [-0.15, -0.1) is 0 Å². The fourth-order valence-electron chi connectivity index (χ4n) is 2.63. The largest absolute Gasteiger partial charge is 0.409 e. The molecule has 2 rings (SSSR count). The lowest BCUT2D eigenvalue weighted by atomic mass is 10.0. The lowest BCUT2D eigenvalue weighted by Crippen LogP contribution is -2.47. The quantitative estimate of drug-likeness (QED) is 0.372. The van der Waals surface area contributed by atoms with E-state index in [1.165, 1.54) is 0 Å². The second-order valence-corrected chi connectivity index (χ2v) is 4.88. The van der Waals surface area contributed by atoms with Gasteiger partial charge in [0.1, 0.15) is 0 Å². The Labute approximate surface area is 114 Å². The zero-order chi connectivity index (χ0) is 13.8. The van der Waals surface area contributed by atoms with Crippen molar-refractivity contribution in [2.75, 3.05) is 37.6 Å². The summed E-state index contributed by atoms with van der Waals surface area (Å²) in [5, 5.41) is 12.1. The zero-order valence-electron chi connectivity index (χ0n) is 11.6. The molecule has 0 atom stereocenters. The highest BCUT2D eigenvalue weighted by Gasteiger charge is 2.20. The number of para-hydroxylation sites is 1. The molecule has 5 heteroatoms. The van der Waals surface area contributed by atoms with E-state index in [4.69, 9.17) is 10.9 Å². The van der Waals surface area contributed by atoms with Crippen molar-refractivity contribution < 1.29 is 5.21 Å². The van der Waals surface area contributed by atoms with Crippen molar-refractivity contribution >= 4 is 11.5 Å². The van der Waals surface area contributed by atoms with Crippen LogP contribution < -0.4 is 10.6 Å². The number of piperazine rings is 1. The predicted octanol–water partition coefficient (Wildman–Crippen LogP) is 1.23. The monoisotopic (exact) mass is 262 g/mol. The first kappa shape index (κ1) is 13.7. The lowest BCUT2D eigenvalue weighted by molar-refractivity contribution is 0.271. The summed E-state index contributed by atoms with van der Waals surface area (Å²) < 4.78 is 0. The minimum Gasteiger partial charge on any atom is -0.409 e. The Morgan fingerprint density at radius 3 is 2.58 bits per heavy atom. The van der Waals surface area contributed by atoms with Gasteiger partial charge in [0.15, 0.2) is 5.84 Å². The first-order valence-corrected chi connectivity index (χ1v) is 6.72. The standard InChI is InChI=1S/C14H22N4O/c1-3-17-7-9-18(10-8-17)13-11(2)5-4-6-12(13)14(15)16-19/h4-6,19H,3,7-10H2,1-2H3,(H2,15,16). The Morgan fingerprint density at radius 1 is 1.32 bits per heavy atom. The number of rotatable bonds is 3. The molecule has 1 aliphatic rings. The summed E-state index contributed by atoms with van der Waals surface area (Å²) in [7, 11) is 0. The third-order valence-corrected chi connectivity index (χ3v) is 3.76. The Morgan fingerprint density at radius 2 is 2.00 bits per heavy atom. The smallest absolute Gasteiger partial charge is 0.172 e. The molecule has 5 nitrogen and oxygen atoms in total. The summed E-state index contributed by atoms with van der Waals surface area (Å²) in [5.74, 6) is 0.177. The van der Waals surface area contributed by atoms with Gasteiger partial charge in [-0.05, 0) is 25.1 Å². The molecule has 0 bridgehead atoms. The molecule has 1 heterocycles. The van der Waals surface area contributed by atoms with Gasteiger partial charge >= 0.3 is 0 Å². The van der Waals surface area contributed by atoms with E-state index < -0.39 is 0 Å². The van der Waals surface area contributed by atoms with Crippen molar-refractivity contribution in [1.82, 2.24) is 4.90 Å². The highest BCUT2D eigenvalue weighted by atomic mass is 16.4. The first-order valence-electron chi connectivity index (χ1n) is 6.72. The van der Waals surface area contributed by atoms with E-state index in [1.54, 1.807) is 0 Å². The number of hydrogen-bond acceptors (Lipinski definition) is 4. The second-order valence-electron chi connectivity index (χ2n) is 4.88. The van der Waals surface area contributed by atoms with Crippen LogP contribution in [-0.4, -0.2) is 48.7 Å². The average Bonchev–Trinajstić information content (AvgIpc) is 2.46. The molecule has 1 aliphatic heterocycles. The van der Waals surface area contributed by atoms with Crippen molar-refractivity contribution in [1.29, 1.82) is 0 Å². The Kier molecular flexibility index (Phi) is 4.27. The third-order valence-electron chi connectivity index (χ3n) is 3.76. The summed E-state index contributed by atoms with van der Waals surface area (Å²) in [6.45, 7) is 9.41. The summed E-state index contributed by atoms with van der Waals surface area (Å²) in [5.41, 5.74) is 8.85. The second kappa shape index (κ2) is 5.93. The Hall–Kier alpha value is -1.75. The minimum atomic E-state index is 0.177. The molecule has 0 amide bonds. The number of nitrogens with zero attached hydrogens (tertiary/aromatic N) is 3. The molecule has 1 saturated heterocycles. The maximum atomic E-state index is 8.92. The van der Waals surface area contributed by atoms with E-state index in [0.29, 0.717) is 0 Å². The summed E-state index contributed by atoms with van der Waals surface area (Å²) >= 11 is 0. The van der Waals surface area contributed by atoms with E-state index in [-0.39, 0.29) is 5.84 Å². The number of likely N-dealkylation sites (N-methyl/N-ethyl adjacent to an activating group) is 1. The number of benzene rings is 1. The van der Waals surface area contributed by atoms with E-state index in [0.717, 1.165) is 49.5 Å². The third kappa shape index (κ3) is 2.81. The zero-order valence-corrected chi connectivity index (χ0v) is 11.6. The molecule has 0 aliphatic carbocycles. The summed E-state index contributed by atoms with van der Waals surface area (Å²) in [6, 6.07) is 5.91. The Bertz CT molecular complexity index is 465. The Balaban J connectivity index is 2.29. The number of anilines is 1. The number of aryl methyl sites for hydroxylation is 1. The molecular formula is C14H22N4O. The normalized spacial score (nSPS) is 17.8. The predicted molar refractivity (Wildman–Crippen MR) is 78.0 cm³/mol. The summed E-state index contributed by atoms with van der Waals surface area (Å²) in [6.07, 6.45) is 0. The van der Waals surface area contributed by atoms with E-state index >= 15 is 0 Å². The van der Waals surface area contributed by atoms with Crippen LogP contribution >= 0.6 is 0 Å². The van der Waals surface area contributed by atoms with Gasteiger partial charge in [0.25, 0.3) is 0 Å². The van der Waals surface area contributed by atoms with Crippen LogP contribution in [0.1, 0.15) is 18.1 Å². The van der Waals surface area contributed by atoms with Crippen molar-refractivity contribution in [2.24, 2.45) is 10.9 Å². The minimum absolute atomic E-state index is 0.177. The van der Waals surface area contributed by atoms with Crippen molar-refractivity contribution in [3.63, 3.8) is 0 Å². The van der Waals surface area contributed by atoms with Crippen LogP contribution in [-0.2, 0) is 0 Å². The van der Waals surface area contributed by atoms with Gasteiger partial charge in [-0.25, -0.2) is 0 Å². The van der Waals surface area contributed by atoms with Crippen LogP contribution in [0.5, 0.6) is 0 Å². The number of nitrogens with two attached hydrogens (primary N) is 1.